The molecule has 0 aliphatic carbocycles. The van der Waals surface area contributed by atoms with Crippen LogP contribution in [-0.4, -0.2) is 33.2 Å². The van der Waals surface area contributed by atoms with E-state index in [-0.39, 0.29) is 6.61 Å². The van der Waals surface area contributed by atoms with Gasteiger partial charge in [0.05, 0.1) is 11.0 Å². The summed E-state index contributed by atoms with van der Waals surface area (Å²) in [7, 11) is 0. The monoisotopic (exact) mass is 278 g/mol. The zero-order valence-corrected chi connectivity index (χ0v) is 11.4. The van der Waals surface area contributed by atoms with E-state index in [0.717, 1.165) is 38.4 Å². The van der Waals surface area contributed by atoms with Gasteiger partial charge in [-0.05, 0) is 24.6 Å². The van der Waals surface area contributed by atoms with Crippen LogP contribution < -0.4 is 5.32 Å². The molecule has 5 heteroatoms. The molecule has 0 unspecified atom stereocenters. The smallest absolute Gasteiger partial charge is 0.133 e. The van der Waals surface area contributed by atoms with Crippen LogP contribution in [0.25, 0.3) is 32.6 Å². The first-order valence-electron chi connectivity index (χ1n) is 6.98. The number of aromatic nitrogens is 3. The summed E-state index contributed by atoms with van der Waals surface area (Å²) >= 11 is 0. The van der Waals surface area contributed by atoms with Crippen molar-refractivity contribution in [3.8, 4) is 0 Å². The van der Waals surface area contributed by atoms with E-state index in [9.17, 15) is 0 Å². The molecule has 0 fully saturated rings. The van der Waals surface area contributed by atoms with E-state index in [1.807, 2.05) is 30.5 Å². The highest BCUT2D eigenvalue weighted by Gasteiger charge is 2.12. The van der Waals surface area contributed by atoms with Crippen LogP contribution in [0.5, 0.6) is 0 Å². The van der Waals surface area contributed by atoms with Crippen LogP contribution in [0.1, 0.15) is 6.42 Å². The third-order valence-corrected chi connectivity index (χ3v) is 3.76. The number of hydrogen-bond donors (Lipinski definition) is 2. The second-order valence-electron chi connectivity index (χ2n) is 5.04. The van der Waals surface area contributed by atoms with Gasteiger partial charge in [-0.15, -0.1) is 0 Å². The van der Waals surface area contributed by atoms with Crippen LogP contribution >= 0.6 is 0 Å². The fourth-order valence-electron chi connectivity index (χ4n) is 2.79. The first-order valence-corrected chi connectivity index (χ1v) is 6.98. The lowest BCUT2D eigenvalue weighted by Crippen LogP contribution is -2.05. The Kier molecular flexibility index (Phi) is 2.79. The van der Waals surface area contributed by atoms with Crippen molar-refractivity contribution >= 4 is 38.4 Å². The van der Waals surface area contributed by atoms with Crippen LogP contribution in [0.3, 0.4) is 0 Å². The van der Waals surface area contributed by atoms with E-state index in [2.05, 4.69) is 20.3 Å². The zero-order valence-electron chi connectivity index (χ0n) is 11.4. The van der Waals surface area contributed by atoms with E-state index >= 15 is 0 Å². The number of nitrogens with one attached hydrogen (secondary N) is 1. The highest BCUT2D eigenvalue weighted by atomic mass is 16.3. The van der Waals surface area contributed by atoms with Gasteiger partial charge in [-0.1, -0.05) is 6.07 Å². The Morgan fingerprint density at radius 3 is 2.57 bits per heavy atom. The van der Waals surface area contributed by atoms with Crippen LogP contribution in [0.4, 0.5) is 5.82 Å². The van der Waals surface area contributed by atoms with Gasteiger partial charge in [-0.3, -0.25) is 0 Å². The van der Waals surface area contributed by atoms with Gasteiger partial charge in [0.25, 0.3) is 0 Å². The molecule has 4 rings (SSSR count). The Morgan fingerprint density at radius 2 is 1.76 bits per heavy atom. The zero-order chi connectivity index (χ0) is 14.2. The number of pyridine rings is 1. The van der Waals surface area contributed by atoms with E-state index in [1.54, 1.807) is 6.33 Å². The molecule has 0 spiro atoms. The molecule has 0 aliphatic rings. The van der Waals surface area contributed by atoms with E-state index < -0.39 is 0 Å². The minimum Gasteiger partial charge on any atom is -0.396 e. The standard InChI is InChI=1S/C16H14N4O/c21-7-1-6-17-16-11-3-5-13-15-12(19-9-20-13)4-2-10(8-18-16)14(11)15/h2-5,8-9,21H,1,6-7H2,(H,17,18). The SMILES string of the molecule is OCCCNc1ncc2ccc3ncnc4ccc1c2c34. The second kappa shape index (κ2) is 4.79. The van der Waals surface area contributed by atoms with Crippen molar-refractivity contribution in [3.05, 3.63) is 36.8 Å². The van der Waals surface area contributed by atoms with E-state index in [0.29, 0.717) is 13.0 Å². The molecule has 2 aromatic heterocycles. The Balaban J connectivity index is 2.01. The van der Waals surface area contributed by atoms with Crippen molar-refractivity contribution in [2.45, 2.75) is 6.42 Å². The van der Waals surface area contributed by atoms with E-state index in [4.69, 9.17) is 5.11 Å². The normalized spacial score (nSPS) is 11.7. The number of aliphatic hydroxyl groups excluding tert-OH is 1. The van der Waals surface area contributed by atoms with Crippen molar-refractivity contribution in [2.24, 2.45) is 0 Å². The molecule has 0 saturated carbocycles. The van der Waals surface area contributed by atoms with Gasteiger partial charge < -0.3 is 10.4 Å². The largest absolute Gasteiger partial charge is 0.396 e. The van der Waals surface area contributed by atoms with Crippen molar-refractivity contribution in [1.29, 1.82) is 0 Å². The molecule has 0 saturated heterocycles. The van der Waals surface area contributed by atoms with Gasteiger partial charge >= 0.3 is 0 Å². The molecule has 0 atom stereocenters. The topological polar surface area (TPSA) is 70.9 Å². The molecule has 2 aromatic carbocycles. The summed E-state index contributed by atoms with van der Waals surface area (Å²) in [5.41, 5.74) is 1.90. The van der Waals surface area contributed by atoms with Crippen LogP contribution in [0.15, 0.2) is 36.8 Å². The molecule has 104 valence electrons. The van der Waals surface area contributed by atoms with Crippen molar-refractivity contribution in [2.75, 3.05) is 18.5 Å². The van der Waals surface area contributed by atoms with Crippen LogP contribution in [-0.2, 0) is 0 Å². The lowest BCUT2D eigenvalue weighted by atomic mass is 10.0. The summed E-state index contributed by atoms with van der Waals surface area (Å²) in [6.45, 7) is 0.872. The number of aliphatic hydroxyl groups is 1. The summed E-state index contributed by atoms with van der Waals surface area (Å²) in [5.74, 6) is 0.842. The maximum Gasteiger partial charge on any atom is 0.133 e. The van der Waals surface area contributed by atoms with Gasteiger partial charge in [0.15, 0.2) is 0 Å². The highest BCUT2D eigenvalue weighted by Crippen LogP contribution is 2.34. The average Bonchev–Trinajstić information content (AvgIpc) is 2.54. The maximum atomic E-state index is 8.90. The third kappa shape index (κ3) is 1.86. The van der Waals surface area contributed by atoms with Gasteiger partial charge in [-0.25, -0.2) is 15.0 Å². The lowest BCUT2D eigenvalue weighted by Gasteiger charge is -2.13. The maximum absolute atomic E-state index is 8.90. The molecule has 0 aliphatic heterocycles. The van der Waals surface area contributed by atoms with E-state index in [1.165, 1.54) is 0 Å². The Hall–Kier alpha value is -2.53. The molecule has 0 amide bonds. The quantitative estimate of drug-likeness (QED) is 0.443. The summed E-state index contributed by atoms with van der Waals surface area (Å²) in [4.78, 5) is 13.2. The van der Waals surface area contributed by atoms with Gasteiger partial charge in [0.2, 0.25) is 0 Å². The molecule has 21 heavy (non-hydrogen) atoms. The molecule has 0 bridgehead atoms. The molecule has 2 N–H and O–H groups in total. The fraction of sp³-hybridized carbons (Fsp3) is 0.188. The molecule has 2 heterocycles. The molecule has 0 radical (unpaired) electrons. The number of benzene rings is 2. The second-order valence-corrected chi connectivity index (χ2v) is 5.04. The summed E-state index contributed by atoms with van der Waals surface area (Å²) in [6, 6.07) is 8.10. The van der Waals surface area contributed by atoms with Crippen LogP contribution in [0.2, 0.25) is 0 Å². The number of anilines is 1. The summed E-state index contributed by atoms with van der Waals surface area (Å²) < 4.78 is 0. The van der Waals surface area contributed by atoms with Crippen molar-refractivity contribution in [1.82, 2.24) is 15.0 Å². The fourth-order valence-corrected chi connectivity index (χ4v) is 2.79. The van der Waals surface area contributed by atoms with Gasteiger partial charge in [0, 0.05) is 40.9 Å². The molecular weight excluding hydrogens is 264 g/mol. The predicted molar refractivity (Wildman–Crippen MR) is 83.7 cm³/mol. The number of hydrogen-bond acceptors (Lipinski definition) is 5. The lowest BCUT2D eigenvalue weighted by molar-refractivity contribution is 0.292. The van der Waals surface area contributed by atoms with Crippen molar-refractivity contribution < 1.29 is 5.11 Å². The summed E-state index contributed by atoms with van der Waals surface area (Å²) in [6.07, 6.45) is 4.17. The van der Waals surface area contributed by atoms with Gasteiger partial charge in [0.1, 0.15) is 12.1 Å². The highest BCUT2D eigenvalue weighted by molar-refractivity contribution is 6.22. The minimum atomic E-state index is 0.173. The van der Waals surface area contributed by atoms with Crippen molar-refractivity contribution in [3.63, 3.8) is 0 Å². The predicted octanol–water partition coefficient (Wildman–Crippen LogP) is 2.56. The number of nitrogens with zero attached hydrogens (tertiary/aromatic N) is 3. The molecular formula is C16H14N4O. The Labute approximate surface area is 121 Å². The van der Waals surface area contributed by atoms with Crippen LogP contribution in [0, 0.1) is 0 Å². The first kappa shape index (κ1) is 12.2. The third-order valence-electron chi connectivity index (χ3n) is 3.76. The molecule has 4 aromatic rings. The Morgan fingerprint density at radius 1 is 0.952 bits per heavy atom. The number of rotatable bonds is 4. The van der Waals surface area contributed by atoms with Gasteiger partial charge in [-0.2, -0.15) is 0 Å². The average molecular weight is 278 g/mol. The Bertz CT molecular complexity index is 906. The minimum absolute atomic E-state index is 0.173. The summed E-state index contributed by atoms with van der Waals surface area (Å²) in [5, 5.41) is 16.6. The first-order chi connectivity index (χ1) is 10.4. The molecule has 5 nitrogen and oxygen atoms in total.